The number of benzene rings is 1. The number of aliphatic hydroxyl groups excluding tert-OH is 1. The minimum absolute atomic E-state index is 0.108. The molecule has 0 unspecified atom stereocenters. The average Bonchev–Trinajstić information content (AvgIpc) is 3.40. The van der Waals surface area contributed by atoms with Gasteiger partial charge in [-0.05, 0) is 37.3 Å². The first-order chi connectivity index (χ1) is 16.0. The van der Waals surface area contributed by atoms with Gasteiger partial charge in [-0.3, -0.25) is 14.5 Å². The van der Waals surface area contributed by atoms with Crippen LogP contribution in [0.3, 0.4) is 0 Å². The zero-order valence-electron chi connectivity index (χ0n) is 19.4. The topological polar surface area (TPSA) is 89.8 Å². The van der Waals surface area contributed by atoms with Gasteiger partial charge in [-0.15, -0.1) is 0 Å². The Morgan fingerprint density at radius 3 is 2.85 bits per heavy atom. The molecule has 3 aliphatic rings. The van der Waals surface area contributed by atoms with Crippen molar-refractivity contribution in [1.82, 2.24) is 25.0 Å². The molecule has 3 saturated heterocycles. The molecule has 2 amide bonds. The Morgan fingerprint density at radius 2 is 2.03 bits per heavy atom. The number of nitrogens with one attached hydrogen (secondary N) is 2. The molecule has 178 valence electrons. The third kappa shape index (κ3) is 4.65. The highest BCUT2D eigenvalue weighted by atomic mass is 16.3. The lowest BCUT2D eigenvalue weighted by Crippen LogP contribution is -2.58. The van der Waals surface area contributed by atoms with E-state index in [1.165, 1.54) is 16.5 Å². The van der Waals surface area contributed by atoms with E-state index < -0.39 is 0 Å². The summed E-state index contributed by atoms with van der Waals surface area (Å²) in [6, 6.07) is 8.76. The second-order valence-corrected chi connectivity index (χ2v) is 9.86. The second kappa shape index (κ2) is 9.44. The summed E-state index contributed by atoms with van der Waals surface area (Å²) < 4.78 is 2.16. The van der Waals surface area contributed by atoms with Crippen LogP contribution in [0.2, 0.25) is 0 Å². The predicted octanol–water partition coefficient (Wildman–Crippen LogP) is 0.973. The smallest absolute Gasteiger partial charge is 0.237 e. The molecule has 3 atom stereocenters. The summed E-state index contributed by atoms with van der Waals surface area (Å²) in [6.07, 6.45) is 5.29. The molecule has 8 nitrogen and oxygen atoms in total. The van der Waals surface area contributed by atoms with Gasteiger partial charge in [-0.25, -0.2) is 0 Å². The van der Waals surface area contributed by atoms with Crippen molar-refractivity contribution in [3.05, 3.63) is 36.0 Å². The fourth-order valence-electron chi connectivity index (χ4n) is 5.78. The van der Waals surface area contributed by atoms with Crippen LogP contribution in [0, 0.1) is 0 Å². The van der Waals surface area contributed by atoms with E-state index in [9.17, 15) is 14.7 Å². The van der Waals surface area contributed by atoms with Gasteiger partial charge in [0.2, 0.25) is 11.8 Å². The Morgan fingerprint density at radius 1 is 1.24 bits per heavy atom. The molecule has 4 heterocycles. The molecule has 0 spiro atoms. The predicted molar refractivity (Wildman–Crippen MR) is 127 cm³/mol. The maximum absolute atomic E-state index is 12.7. The van der Waals surface area contributed by atoms with Crippen LogP contribution in [-0.2, 0) is 23.2 Å². The fraction of sp³-hybridized carbons (Fsp3) is 0.600. The zero-order valence-corrected chi connectivity index (χ0v) is 19.4. The number of para-hydroxylation sites is 1. The molecular formula is C25H35N5O3. The van der Waals surface area contributed by atoms with Gasteiger partial charge in [0, 0.05) is 75.4 Å². The van der Waals surface area contributed by atoms with Crippen LogP contribution < -0.4 is 10.6 Å². The lowest BCUT2D eigenvalue weighted by Gasteiger charge is -2.37. The van der Waals surface area contributed by atoms with Crippen LogP contribution in [0.5, 0.6) is 0 Å². The monoisotopic (exact) mass is 453 g/mol. The van der Waals surface area contributed by atoms with Gasteiger partial charge in [0.1, 0.15) is 0 Å². The van der Waals surface area contributed by atoms with E-state index in [1.54, 1.807) is 0 Å². The minimum atomic E-state index is -0.272. The Bertz CT molecular complexity index is 1010. The number of aryl methyl sites for hydroxylation is 1. The number of hydrogen-bond acceptors (Lipinski definition) is 5. The first kappa shape index (κ1) is 22.4. The summed E-state index contributed by atoms with van der Waals surface area (Å²) in [7, 11) is 2.07. The molecule has 1 aromatic heterocycles. The van der Waals surface area contributed by atoms with Crippen LogP contribution in [-0.4, -0.2) is 81.7 Å². The molecule has 3 aliphatic heterocycles. The molecule has 0 saturated carbocycles. The molecular weight excluding hydrogens is 418 g/mol. The average molecular weight is 454 g/mol. The number of aromatic nitrogens is 1. The number of piperazine rings is 1. The van der Waals surface area contributed by atoms with E-state index in [-0.39, 0.29) is 36.0 Å². The summed E-state index contributed by atoms with van der Waals surface area (Å²) in [5.41, 5.74) is 2.50. The van der Waals surface area contributed by atoms with E-state index in [0.29, 0.717) is 38.9 Å². The fourth-order valence-corrected chi connectivity index (χ4v) is 5.78. The minimum Gasteiger partial charge on any atom is -0.393 e. The molecule has 3 N–H and O–H groups in total. The number of fused-ring (bicyclic) bond motifs is 2. The van der Waals surface area contributed by atoms with Gasteiger partial charge in [0.05, 0.1) is 12.1 Å². The number of likely N-dealkylation sites (tertiary alicyclic amines) is 1. The van der Waals surface area contributed by atoms with Crippen molar-refractivity contribution >= 4 is 22.7 Å². The molecule has 33 heavy (non-hydrogen) atoms. The number of aliphatic hydroxyl groups is 1. The Hall–Kier alpha value is -2.42. The van der Waals surface area contributed by atoms with Crippen LogP contribution >= 0.6 is 0 Å². The Balaban J connectivity index is 1.17. The summed E-state index contributed by atoms with van der Waals surface area (Å²) in [4.78, 5) is 29.4. The molecule has 0 aliphatic carbocycles. The van der Waals surface area contributed by atoms with Gasteiger partial charge in [0.15, 0.2) is 0 Å². The van der Waals surface area contributed by atoms with Crippen LogP contribution in [0.15, 0.2) is 30.5 Å². The van der Waals surface area contributed by atoms with Crippen molar-refractivity contribution < 1.29 is 14.7 Å². The summed E-state index contributed by atoms with van der Waals surface area (Å²) in [5.74, 6) is 0.275. The van der Waals surface area contributed by atoms with Crippen LogP contribution in [0.4, 0.5) is 0 Å². The Kier molecular flexibility index (Phi) is 6.40. The molecule has 0 bridgehead atoms. The lowest BCUT2D eigenvalue weighted by atomic mass is 10.0. The van der Waals surface area contributed by atoms with Crippen molar-refractivity contribution in [2.75, 3.05) is 26.2 Å². The van der Waals surface area contributed by atoms with Crippen LogP contribution in [0.25, 0.3) is 10.9 Å². The van der Waals surface area contributed by atoms with Gasteiger partial charge < -0.3 is 25.2 Å². The Labute approximate surface area is 194 Å². The molecule has 8 heteroatoms. The summed E-state index contributed by atoms with van der Waals surface area (Å²) in [5, 5.41) is 17.7. The standard InChI is InChI=1S/C25H35N5O3/c1-28-15-17(21-4-2-3-5-22(21)28)13-26-18-12-23-25(33)27-14-19(30(23)16-18)6-7-24(32)29-10-8-20(31)9-11-29/h2-5,15,18-20,23,26,31H,6-14,16H2,1H3,(H,27,33)/t18-,19-,23-/m1/s1. The first-order valence-corrected chi connectivity index (χ1v) is 12.2. The van der Waals surface area contributed by atoms with Gasteiger partial charge in [-0.1, -0.05) is 18.2 Å². The molecule has 5 rings (SSSR count). The number of carbonyl (C=O) groups is 2. The highest BCUT2D eigenvalue weighted by Crippen LogP contribution is 2.27. The second-order valence-electron chi connectivity index (χ2n) is 9.86. The highest BCUT2D eigenvalue weighted by molar-refractivity contribution is 5.84. The largest absolute Gasteiger partial charge is 0.393 e. The number of hydrogen-bond donors (Lipinski definition) is 3. The molecule has 1 aromatic carbocycles. The highest BCUT2D eigenvalue weighted by Gasteiger charge is 2.43. The van der Waals surface area contributed by atoms with E-state index >= 15 is 0 Å². The summed E-state index contributed by atoms with van der Waals surface area (Å²) in [6.45, 7) is 3.51. The lowest BCUT2D eigenvalue weighted by molar-refractivity contribution is -0.134. The molecule has 3 fully saturated rings. The maximum Gasteiger partial charge on any atom is 0.237 e. The van der Waals surface area contributed by atoms with Gasteiger partial charge >= 0.3 is 0 Å². The quantitative estimate of drug-likeness (QED) is 0.607. The van der Waals surface area contributed by atoms with E-state index in [2.05, 4.69) is 57.6 Å². The first-order valence-electron chi connectivity index (χ1n) is 12.2. The SMILES string of the molecule is Cn1cc(CN[C@@H]2C[C@@H]3C(=O)NC[C@@H](CCC(=O)N4CCC(O)CC4)N3C2)c2ccccc21. The third-order valence-electron chi connectivity index (χ3n) is 7.69. The zero-order chi connectivity index (χ0) is 22.9. The van der Waals surface area contributed by atoms with Gasteiger partial charge in [0.25, 0.3) is 0 Å². The van der Waals surface area contributed by atoms with E-state index in [1.807, 2.05) is 4.90 Å². The number of nitrogens with zero attached hydrogens (tertiary/aromatic N) is 3. The number of amides is 2. The van der Waals surface area contributed by atoms with Crippen molar-refractivity contribution in [1.29, 1.82) is 0 Å². The maximum atomic E-state index is 12.7. The van der Waals surface area contributed by atoms with Crippen molar-refractivity contribution in [2.24, 2.45) is 7.05 Å². The summed E-state index contributed by atoms with van der Waals surface area (Å²) >= 11 is 0. The van der Waals surface area contributed by atoms with Crippen molar-refractivity contribution in [2.45, 2.75) is 62.9 Å². The number of rotatable bonds is 6. The van der Waals surface area contributed by atoms with Crippen molar-refractivity contribution in [3.63, 3.8) is 0 Å². The number of piperidine rings is 1. The van der Waals surface area contributed by atoms with E-state index in [0.717, 1.165) is 25.9 Å². The van der Waals surface area contributed by atoms with Crippen molar-refractivity contribution in [3.8, 4) is 0 Å². The third-order valence-corrected chi connectivity index (χ3v) is 7.69. The molecule has 2 aromatic rings. The number of carbonyl (C=O) groups excluding carboxylic acids is 2. The van der Waals surface area contributed by atoms with Crippen LogP contribution in [0.1, 0.15) is 37.7 Å². The van der Waals surface area contributed by atoms with E-state index in [4.69, 9.17) is 0 Å². The van der Waals surface area contributed by atoms with Gasteiger partial charge in [-0.2, -0.15) is 0 Å². The molecule has 0 radical (unpaired) electrons. The normalized spacial score (nSPS) is 26.5.